The molecule has 3 rings (SSSR count). The molecule has 8 heteroatoms. The molecule has 0 bridgehead atoms. The molecule has 3 N–H and O–H groups in total. The average molecular weight is 427 g/mol. The van der Waals surface area contributed by atoms with E-state index < -0.39 is 0 Å². The normalized spacial score (nSPS) is 16.1. The molecule has 31 heavy (non-hydrogen) atoms. The van der Waals surface area contributed by atoms with E-state index in [9.17, 15) is 14.7 Å². The van der Waals surface area contributed by atoms with Crippen LogP contribution in [-0.2, 0) is 4.79 Å². The van der Waals surface area contributed by atoms with Crippen molar-refractivity contribution in [2.75, 3.05) is 31.6 Å². The lowest BCUT2D eigenvalue weighted by molar-refractivity contribution is -0.122. The number of aromatic nitrogens is 1. The number of ether oxygens (including phenoxy) is 1. The van der Waals surface area contributed by atoms with Crippen molar-refractivity contribution >= 4 is 23.3 Å². The topological polar surface area (TPSA) is 104 Å². The maximum Gasteiger partial charge on any atom is 0.258 e. The Balaban J connectivity index is 1.89. The number of hydrogen-bond acceptors (Lipinski definition) is 6. The molecule has 2 amide bonds. The lowest BCUT2D eigenvalue weighted by Gasteiger charge is -2.24. The molecule has 0 radical (unpaired) electrons. The summed E-state index contributed by atoms with van der Waals surface area (Å²) in [6.45, 7) is 2.56. The molecule has 8 nitrogen and oxygen atoms in total. The number of aliphatic hydroxyl groups is 1. The van der Waals surface area contributed by atoms with Gasteiger partial charge in [-0.3, -0.25) is 9.59 Å². The van der Waals surface area contributed by atoms with Crippen molar-refractivity contribution in [1.29, 1.82) is 0 Å². The quantitative estimate of drug-likeness (QED) is 0.695. The monoisotopic (exact) mass is 426 g/mol. The Morgan fingerprint density at radius 1 is 1.23 bits per heavy atom. The van der Waals surface area contributed by atoms with Crippen molar-refractivity contribution < 1.29 is 19.4 Å². The number of benzene rings is 1. The summed E-state index contributed by atoms with van der Waals surface area (Å²) < 4.78 is 5.94. The number of nitrogens with zero attached hydrogens (tertiary/aromatic N) is 2. The molecule has 166 valence electrons. The van der Waals surface area contributed by atoms with E-state index >= 15 is 0 Å². The number of nitrogens with one attached hydrogen (secondary N) is 2. The molecule has 0 saturated heterocycles. The minimum Gasteiger partial charge on any atom is -0.491 e. The summed E-state index contributed by atoms with van der Waals surface area (Å²) in [5, 5.41) is 15.1. The van der Waals surface area contributed by atoms with Gasteiger partial charge in [0.05, 0.1) is 31.0 Å². The van der Waals surface area contributed by atoms with E-state index in [1.54, 1.807) is 30.2 Å². The first-order chi connectivity index (χ1) is 15.1. The van der Waals surface area contributed by atoms with Gasteiger partial charge in [-0.25, -0.2) is 4.98 Å². The number of rotatable bonds is 4. The molecule has 2 heterocycles. The van der Waals surface area contributed by atoms with Gasteiger partial charge in [0, 0.05) is 18.8 Å². The van der Waals surface area contributed by atoms with Crippen molar-refractivity contribution in [3.05, 3.63) is 48.2 Å². The van der Waals surface area contributed by atoms with Crippen LogP contribution in [0.3, 0.4) is 0 Å². The Morgan fingerprint density at radius 2 is 2.03 bits per heavy atom. The predicted octanol–water partition coefficient (Wildman–Crippen LogP) is 2.72. The first kappa shape index (κ1) is 22.6. The third-order valence-electron chi connectivity index (χ3n) is 5.06. The Hall–Kier alpha value is -3.13. The second-order valence-corrected chi connectivity index (χ2v) is 7.66. The largest absolute Gasteiger partial charge is 0.491 e. The van der Waals surface area contributed by atoms with Gasteiger partial charge in [0.2, 0.25) is 5.91 Å². The van der Waals surface area contributed by atoms with Crippen LogP contribution in [-0.4, -0.2) is 59.1 Å². The highest BCUT2D eigenvalue weighted by Crippen LogP contribution is 2.29. The summed E-state index contributed by atoms with van der Waals surface area (Å²) in [5.41, 5.74) is 1.12. The lowest BCUT2D eigenvalue weighted by Crippen LogP contribution is -2.44. The Bertz CT molecular complexity index is 889. The van der Waals surface area contributed by atoms with Crippen molar-refractivity contribution in [3.8, 4) is 5.75 Å². The number of carbonyl (C=O) groups is 2. The molecule has 1 aromatic carbocycles. The van der Waals surface area contributed by atoms with Crippen LogP contribution >= 0.6 is 0 Å². The van der Waals surface area contributed by atoms with Crippen molar-refractivity contribution in [2.24, 2.45) is 0 Å². The summed E-state index contributed by atoms with van der Waals surface area (Å²) in [4.78, 5) is 31.7. The molecule has 0 unspecified atom stereocenters. The maximum absolute atomic E-state index is 13.4. The van der Waals surface area contributed by atoms with Gasteiger partial charge in [-0.15, -0.1) is 0 Å². The smallest absolute Gasteiger partial charge is 0.258 e. The fourth-order valence-corrected chi connectivity index (χ4v) is 3.40. The van der Waals surface area contributed by atoms with Gasteiger partial charge in [-0.1, -0.05) is 25.0 Å². The summed E-state index contributed by atoms with van der Waals surface area (Å²) in [6, 6.07) is 10.6. The second kappa shape index (κ2) is 11.3. The highest BCUT2D eigenvalue weighted by molar-refractivity contribution is 6.01. The molecule has 0 fully saturated rings. The van der Waals surface area contributed by atoms with E-state index in [-0.39, 0.29) is 31.0 Å². The SMILES string of the molecule is C[C@@H](CO)NC(=O)CN1CCCCCCOc2ccccc2Nc2ncccc2C1=O. The summed E-state index contributed by atoms with van der Waals surface area (Å²) in [5.74, 6) is 0.554. The zero-order chi connectivity index (χ0) is 22.1. The summed E-state index contributed by atoms with van der Waals surface area (Å²) in [6.07, 6.45) is 5.22. The Labute approximate surface area is 182 Å². The van der Waals surface area contributed by atoms with Gasteiger partial charge in [0.25, 0.3) is 5.91 Å². The van der Waals surface area contributed by atoms with Crippen molar-refractivity contribution in [2.45, 2.75) is 38.6 Å². The molecule has 0 aliphatic carbocycles. The van der Waals surface area contributed by atoms with Crippen LogP contribution in [0.25, 0.3) is 0 Å². The van der Waals surface area contributed by atoms with Crippen LogP contribution in [0.2, 0.25) is 0 Å². The number of amides is 2. The van der Waals surface area contributed by atoms with Crippen LogP contribution in [0, 0.1) is 0 Å². The van der Waals surface area contributed by atoms with E-state index in [1.165, 1.54) is 0 Å². The van der Waals surface area contributed by atoms with Crippen LogP contribution in [0.15, 0.2) is 42.6 Å². The molecule has 0 saturated carbocycles. The fraction of sp³-hybridized carbons (Fsp3) is 0.435. The molecular weight excluding hydrogens is 396 g/mol. The van der Waals surface area contributed by atoms with Gasteiger partial charge in [0.1, 0.15) is 11.6 Å². The summed E-state index contributed by atoms with van der Waals surface area (Å²) >= 11 is 0. The standard InChI is InChI=1S/C23H30N4O4/c1-17(16-28)25-21(29)15-27-13-6-2-3-7-14-31-20-11-5-4-10-19(20)26-22-18(23(27)30)9-8-12-24-22/h4-5,8-12,17,28H,2-3,6-7,13-16H2,1H3,(H,24,26)(H,25,29)/t17-/m0/s1. The van der Waals surface area contributed by atoms with Crippen LogP contribution < -0.4 is 15.4 Å². The second-order valence-electron chi connectivity index (χ2n) is 7.66. The van der Waals surface area contributed by atoms with Gasteiger partial charge in [-0.2, -0.15) is 0 Å². The number of anilines is 2. The number of aliphatic hydroxyl groups excluding tert-OH is 1. The van der Waals surface area contributed by atoms with E-state index in [0.29, 0.717) is 30.3 Å². The van der Waals surface area contributed by atoms with Gasteiger partial charge in [-0.05, 0) is 44.0 Å². The van der Waals surface area contributed by atoms with Gasteiger partial charge >= 0.3 is 0 Å². The Morgan fingerprint density at radius 3 is 2.87 bits per heavy atom. The summed E-state index contributed by atoms with van der Waals surface area (Å²) in [7, 11) is 0. The fourth-order valence-electron chi connectivity index (χ4n) is 3.40. The molecular formula is C23H30N4O4. The molecule has 1 aliphatic heterocycles. The zero-order valence-electron chi connectivity index (χ0n) is 17.8. The number of pyridine rings is 1. The molecule has 2 aromatic rings. The number of hydrogen-bond donors (Lipinski definition) is 3. The van der Waals surface area contributed by atoms with E-state index in [0.717, 1.165) is 31.4 Å². The van der Waals surface area contributed by atoms with Crippen molar-refractivity contribution in [1.82, 2.24) is 15.2 Å². The van der Waals surface area contributed by atoms with Crippen LogP contribution in [0.5, 0.6) is 5.75 Å². The first-order valence-electron chi connectivity index (χ1n) is 10.7. The molecule has 1 aliphatic rings. The predicted molar refractivity (Wildman–Crippen MR) is 119 cm³/mol. The average Bonchev–Trinajstić information content (AvgIpc) is 2.78. The maximum atomic E-state index is 13.4. The number of para-hydroxylation sites is 2. The minimum absolute atomic E-state index is 0.0722. The highest BCUT2D eigenvalue weighted by atomic mass is 16.5. The molecule has 0 spiro atoms. The molecule has 1 atom stereocenters. The zero-order valence-corrected chi connectivity index (χ0v) is 17.8. The van der Waals surface area contributed by atoms with Gasteiger partial charge in [0.15, 0.2) is 0 Å². The van der Waals surface area contributed by atoms with Gasteiger partial charge < -0.3 is 25.4 Å². The lowest BCUT2D eigenvalue weighted by atomic mass is 10.1. The van der Waals surface area contributed by atoms with Crippen LogP contribution in [0.1, 0.15) is 43.0 Å². The first-order valence-corrected chi connectivity index (χ1v) is 10.7. The van der Waals surface area contributed by atoms with E-state index in [4.69, 9.17) is 4.74 Å². The van der Waals surface area contributed by atoms with Crippen LogP contribution in [0.4, 0.5) is 11.5 Å². The number of fused-ring (bicyclic) bond motifs is 2. The van der Waals surface area contributed by atoms with E-state index in [2.05, 4.69) is 15.6 Å². The van der Waals surface area contributed by atoms with Crippen molar-refractivity contribution in [3.63, 3.8) is 0 Å². The highest BCUT2D eigenvalue weighted by Gasteiger charge is 2.23. The third kappa shape index (κ3) is 6.42. The Kier molecular flexibility index (Phi) is 8.23. The minimum atomic E-state index is -0.366. The molecule has 1 aromatic heterocycles. The van der Waals surface area contributed by atoms with E-state index in [1.807, 2.05) is 24.3 Å². The number of carbonyl (C=O) groups excluding carboxylic acids is 2. The third-order valence-corrected chi connectivity index (χ3v) is 5.06.